The monoisotopic (exact) mass is 470 g/mol. The number of benzene rings is 1. The SMILES string of the molecule is CCNC(=NCc1ccc(OC)nc1)NCc1ccc2c(c1)OCO2.I. The average Bonchev–Trinajstić information content (AvgIpc) is 3.12. The molecule has 1 aliphatic rings. The van der Waals surface area contributed by atoms with E-state index in [0.717, 1.165) is 35.1 Å². The van der Waals surface area contributed by atoms with E-state index in [0.29, 0.717) is 19.0 Å². The quantitative estimate of drug-likeness (QED) is 0.384. The molecule has 8 heteroatoms. The first kappa shape index (κ1) is 20.1. The van der Waals surface area contributed by atoms with Crippen LogP contribution in [0.15, 0.2) is 41.5 Å². The second kappa shape index (κ2) is 10.0. The standard InChI is InChI=1S/C18H22N4O3.HI/c1-3-19-18(22-11-14-5-7-17(23-2)20-10-14)21-9-13-4-6-15-16(8-13)25-12-24-15;/h4-8,10H,3,9,11-12H2,1-2H3,(H2,19,21,22);1H. The molecule has 1 aromatic heterocycles. The third kappa shape index (κ3) is 5.38. The highest BCUT2D eigenvalue weighted by atomic mass is 127. The number of ether oxygens (including phenoxy) is 3. The summed E-state index contributed by atoms with van der Waals surface area (Å²) in [6.45, 7) is 4.28. The van der Waals surface area contributed by atoms with Crippen molar-refractivity contribution in [2.75, 3.05) is 20.4 Å². The number of nitrogens with one attached hydrogen (secondary N) is 2. The number of hydrogen-bond donors (Lipinski definition) is 2. The summed E-state index contributed by atoms with van der Waals surface area (Å²) in [4.78, 5) is 8.77. The van der Waals surface area contributed by atoms with Gasteiger partial charge in [-0.15, -0.1) is 24.0 Å². The van der Waals surface area contributed by atoms with Crippen molar-refractivity contribution >= 4 is 29.9 Å². The Morgan fingerprint density at radius 3 is 2.69 bits per heavy atom. The number of halogens is 1. The summed E-state index contributed by atoms with van der Waals surface area (Å²) in [7, 11) is 1.60. The summed E-state index contributed by atoms with van der Waals surface area (Å²) in [6.07, 6.45) is 1.77. The van der Waals surface area contributed by atoms with Gasteiger partial charge >= 0.3 is 0 Å². The van der Waals surface area contributed by atoms with E-state index in [2.05, 4.69) is 20.6 Å². The van der Waals surface area contributed by atoms with E-state index >= 15 is 0 Å². The zero-order chi connectivity index (χ0) is 17.5. The van der Waals surface area contributed by atoms with Gasteiger partial charge in [-0.05, 0) is 30.2 Å². The fourth-order valence-electron chi connectivity index (χ4n) is 2.37. The van der Waals surface area contributed by atoms with E-state index < -0.39 is 0 Å². The second-order valence-electron chi connectivity index (χ2n) is 5.45. The number of guanidine groups is 1. The van der Waals surface area contributed by atoms with E-state index in [1.165, 1.54) is 0 Å². The number of aromatic nitrogens is 1. The van der Waals surface area contributed by atoms with Crippen molar-refractivity contribution < 1.29 is 14.2 Å². The molecule has 0 atom stereocenters. The van der Waals surface area contributed by atoms with E-state index in [1.54, 1.807) is 13.3 Å². The third-order valence-electron chi connectivity index (χ3n) is 3.67. The van der Waals surface area contributed by atoms with Gasteiger partial charge < -0.3 is 24.8 Å². The van der Waals surface area contributed by atoms with E-state index in [-0.39, 0.29) is 30.8 Å². The lowest BCUT2D eigenvalue weighted by molar-refractivity contribution is 0.174. The molecule has 1 aromatic carbocycles. The molecule has 2 N–H and O–H groups in total. The molecule has 1 aliphatic heterocycles. The molecule has 0 spiro atoms. The van der Waals surface area contributed by atoms with Crippen molar-refractivity contribution in [2.45, 2.75) is 20.0 Å². The number of nitrogens with zero attached hydrogens (tertiary/aromatic N) is 2. The Morgan fingerprint density at radius 1 is 1.15 bits per heavy atom. The highest BCUT2D eigenvalue weighted by molar-refractivity contribution is 14.0. The zero-order valence-corrected chi connectivity index (χ0v) is 17.2. The molecular weight excluding hydrogens is 447 g/mol. The van der Waals surface area contributed by atoms with Gasteiger partial charge in [0.1, 0.15) is 0 Å². The van der Waals surface area contributed by atoms with Crippen LogP contribution in [0.2, 0.25) is 0 Å². The third-order valence-corrected chi connectivity index (χ3v) is 3.67. The Bertz CT molecular complexity index is 738. The Hall–Kier alpha value is -2.23. The molecule has 2 aromatic rings. The molecule has 140 valence electrons. The van der Waals surface area contributed by atoms with Gasteiger partial charge in [0.15, 0.2) is 17.5 Å². The van der Waals surface area contributed by atoms with Gasteiger partial charge in [-0.25, -0.2) is 9.98 Å². The van der Waals surface area contributed by atoms with Crippen LogP contribution in [-0.2, 0) is 13.1 Å². The number of methoxy groups -OCH3 is 1. The number of rotatable bonds is 6. The van der Waals surface area contributed by atoms with Crippen molar-refractivity contribution in [3.8, 4) is 17.4 Å². The maximum absolute atomic E-state index is 5.40. The minimum absolute atomic E-state index is 0. The molecule has 0 saturated heterocycles. The smallest absolute Gasteiger partial charge is 0.231 e. The fourth-order valence-corrected chi connectivity index (χ4v) is 2.37. The van der Waals surface area contributed by atoms with Gasteiger partial charge in [-0.3, -0.25) is 0 Å². The minimum atomic E-state index is 0. The normalized spacial score (nSPS) is 12.3. The predicted octanol–water partition coefficient (Wildman–Crippen LogP) is 2.69. The maximum atomic E-state index is 5.40. The van der Waals surface area contributed by atoms with Crippen LogP contribution in [0.3, 0.4) is 0 Å². The van der Waals surface area contributed by atoms with Gasteiger partial charge in [0.05, 0.1) is 13.7 Å². The molecular formula is C18H23IN4O3. The van der Waals surface area contributed by atoms with Crippen LogP contribution in [-0.4, -0.2) is 31.4 Å². The Balaban J connectivity index is 0.00000243. The Kier molecular flexibility index (Phi) is 7.76. The lowest BCUT2D eigenvalue weighted by Gasteiger charge is -2.11. The highest BCUT2D eigenvalue weighted by Crippen LogP contribution is 2.32. The van der Waals surface area contributed by atoms with Crippen LogP contribution in [0.1, 0.15) is 18.1 Å². The van der Waals surface area contributed by atoms with Crippen LogP contribution in [0, 0.1) is 0 Å². The molecule has 2 heterocycles. The maximum Gasteiger partial charge on any atom is 0.231 e. The molecule has 0 amide bonds. The molecule has 0 aliphatic carbocycles. The molecule has 0 radical (unpaired) electrons. The Morgan fingerprint density at radius 2 is 1.96 bits per heavy atom. The van der Waals surface area contributed by atoms with Crippen molar-refractivity contribution in [3.05, 3.63) is 47.7 Å². The number of fused-ring (bicyclic) bond motifs is 1. The van der Waals surface area contributed by atoms with Crippen molar-refractivity contribution in [1.82, 2.24) is 15.6 Å². The van der Waals surface area contributed by atoms with Crippen LogP contribution < -0.4 is 24.8 Å². The van der Waals surface area contributed by atoms with E-state index in [9.17, 15) is 0 Å². The highest BCUT2D eigenvalue weighted by Gasteiger charge is 2.13. The first-order valence-electron chi connectivity index (χ1n) is 8.18. The summed E-state index contributed by atoms with van der Waals surface area (Å²) in [5.74, 6) is 2.92. The minimum Gasteiger partial charge on any atom is -0.481 e. The topological polar surface area (TPSA) is 77.0 Å². The van der Waals surface area contributed by atoms with Crippen LogP contribution in [0.4, 0.5) is 0 Å². The summed E-state index contributed by atoms with van der Waals surface area (Å²) in [5, 5.41) is 6.55. The first-order valence-corrected chi connectivity index (χ1v) is 8.18. The van der Waals surface area contributed by atoms with Crippen LogP contribution in [0.5, 0.6) is 17.4 Å². The molecule has 3 rings (SSSR count). The fraction of sp³-hybridized carbons (Fsp3) is 0.333. The van der Waals surface area contributed by atoms with Gasteiger partial charge in [0.2, 0.25) is 12.7 Å². The molecule has 26 heavy (non-hydrogen) atoms. The summed E-state index contributed by atoms with van der Waals surface area (Å²) in [6, 6.07) is 9.70. The average molecular weight is 470 g/mol. The van der Waals surface area contributed by atoms with Crippen molar-refractivity contribution in [3.63, 3.8) is 0 Å². The van der Waals surface area contributed by atoms with Crippen molar-refractivity contribution in [1.29, 1.82) is 0 Å². The Labute approximate surface area is 170 Å². The molecule has 0 fully saturated rings. The lowest BCUT2D eigenvalue weighted by atomic mass is 10.2. The van der Waals surface area contributed by atoms with Crippen LogP contribution in [0.25, 0.3) is 0 Å². The molecule has 0 unspecified atom stereocenters. The van der Waals surface area contributed by atoms with Gasteiger partial charge in [-0.1, -0.05) is 12.1 Å². The number of hydrogen-bond acceptors (Lipinski definition) is 5. The summed E-state index contributed by atoms with van der Waals surface area (Å²) >= 11 is 0. The molecule has 0 bridgehead atoms. The van der Waals surface area contributed by atoms with E-state index in [1.807, 2.05) is 37.3 Å². The first-order chi connectivity index (χ1) is 12.3. The predicted molar refractivity (Wildman–Crippen MR) is 110 cm³/mol. The molecule has 0 saturated carbocycles. The zero-order valence-electron chi connectivity index (χ0n) is 14.8. The van der Waals surface area contributed by atoms with Crippen molar-refractivity contribution in [2.24, 2.45) is 4.99 Å². The van der Waals surface area contributed by atoms with Gasteiger partial charge in [0.25, 0.3) is 0 Å². The second-order valence-corrected chi connectivity index (χ2v) is 5.45. The van der Waals surface area contributed by atoms with E-state index in [4.69, 9.17) is 14.2 Å². The largest absolute Gasteiger partial charge is 0.481 e. The lowest BCUT2D eigenvalue weighted by Crippen LogP contribution is -2.36. The number of aliphatic imine (C=N–C) groups is 1. The van der Waals surface area contributed by atoms with Crippen LogP contribution >= 0.6 is 24.0 Å². The van der Waals surface area contributed by atoms with Gasteiger partial charge in [0, 0.05) is 25.4 Å². The molecule has 7 nitrogen and oxygen atoms in total. The van der Waals surface area contributed by atoms with Gasteiger partial charge in [-0.2, -0.15) is 0 Å². The number of pyridine rings is 1. The summed E-state index contributed by atoms with van der Waals surface area (Å²) in [5.41, 5.74) is 2.11. The summed E-state index contributed by atoms with van der Waals surface area (Å²) < 4.78 is 15.8.